The van der Waals surface area contributed by atoms with E-state index in [1.807, 2.05) is 18.2 Å². The fourth-order valence-electron chi connectivity index (χ4n) is 2.42. The van der Waals surface area contributed by atoms with Crippen molar-refractivity contribution in [2.24, 2.45) is 0 Å². The van der Waals surface area contributed by atoms with Crippen LogP contribution in [0, 0.1) is 0 Å². The van der Waals surface area contributed by atoms with E-state index < -0.39 is 0 Å². The first-order valence-electron chi connectivity index (χ1n) is 6.06. The maximum absolute atomic E-state index is 6.23. The van der Waals surface area contributed by atoms with Gasteiger partial charge in [-0.25, -0.2) is 0 Å². The predicted octanol–water partition coefficient (Wildman–Crippen LogP) is 4.71. The van der Waals surface area contributed by atoms with Crippen LogP contribution < -0.4 is 10.1 Å². The molecule has 98 valence electrons. The lowest BCUT2D eigenvalue weighted by molar-refractivity contribution is 0.414. The number of nitrogens with one attached hydrogen (secondary N) is 1. The second kappa shape index (κ2) is 4.95. The van der Waals surface area contributed by atoms with Crippen molar-refractivity contribution in [2.75, 3.05) is 12.4 Å². The number of benzene rings is 2. The van der Waals surface area contributed by atoms with Gasteiger partial charge in [-0.15, -0.1) is 0 Å². The van der Waals surface area contributed by atoms with E-state index in [1.54, 1.807) is 13.2 Å². The maximum Gasteiger partial charge on any atom is 0.118 e. The number of fused-ring (bicyclic) bond motifs is 1. The molecule has 3 rings (SSSR count). The Labute approximate surface area is 122 Å². The number of hydrogen-bond acceptors (Lipinski definition) is 2. The Kier molecular flexibility index (Phi) is 3.29. The minimum absolute atomic E-state index is 0.233. The Hall–Kier alpha value is -1.38. The van der Waals surface area contributed by atoms with Crippen LogP contribution >= 0.6 is 23.2 Å². The van der Waals surface area contributed by atoms with Gasteiger partial charge in [-0.3, -0.25) is 0 Å². The first kappa shape index (κ1) is 12.6. The monoisotopic (exact) mass is 293 g/mol. The predicted molar refractivity (Wildman–Crippen MR) is 79.5 cm³/mol. The third-order valence-electron chi connectivity index (χ3n) is 3.42. The maximum atomic E-state index is 6.23. The lowest BCUT2D eigenvalue weighted by Gasteiger charge is -2.12. The summed E-state index contributed by atoms with van der Waals surface area (Å²) in [6.07, 6.45) is 0.873. The van der Waals surface area contributed by atoms with E-state index in [-0.39, 0.29) is 6.04 Å². The van der Waals surface area contributed by atoms with Gasteiger partial charge in [0.2, 0.25) is 0 Å². The number of methoxy groups -OCH3 is 1. The molecule has 1 heterocycles. The van der Waals surface area contributed by atoms with Crippen LogP contribution in [-0.4, -0.2) is 7.11 Å². The van der Waals surface area contributed by atoms with Crippen molar-refractivity contribution in [1.82, 2.24) is 0 Å². The molecule has 2 aromatic carbocycles. The summed E-state index contributed by atoms with van der Waals surface area (Å²) >= 11 is 12.3. The van der Waals surface area contributed by atoms with Gasteiger partial charge in [0.05, 0.1) is 13.2 Å². The number of anilines is 1. The molecule has 1 unspecified atom stereocenters. The Bertz CT molecular complexity index is 610. The van der Waals surface area contributed by atoms with Crippen LogP contribution in [0.5, 0.6) is 5.75 Å². The summed E-state index contributed by atoms with van der Waals surface area (Å²) < 4.78 is 5.17. The van der Waals surface area contributed by atoms with E-state index >= 15 is 0 Å². The number of hydrogen-bond donors (Lipinski definition) is 1. The van der Waals surface area contributed by atoms with Gasteiger partial charge >= 0.3 is 0 Å². The normalized spacial score (nSPS) is 16.9. The first-order valence-corrected chi connectivity index (χ1v) is 6.81. The summed E-state index contributed by atoms with van der Waals surface area (Å²) in [6, 6.07) is 12.0. The van der Waals surface area contributed by atoms with Crippen molar-refractivity contribution in [1.29, 1.82) is 0 Å². The largest absolute Gasteiger partial charge is 0.497 e. The van der Waals surface area contributed by atoms with Crippen LogP contribution in [-0.2, 0) is 6.42 Å². The topological polar surface area (TPSA) is 21.3 Å². The van der Waals surface area contributed by atoms with Crippen molar-refractivity contribution in [3.8, 4) is 5.75 Å². The highest BCUT2D eigenvalue weighted by molar-refractivity contribution is 6.35. The Morgan fingerprint density at radius 2 is 1.89 bits per heavy atom. The van der Waals surface area contributed by atoms with Crippen LogP contribution in [0.3, 0.4) is 0 Å². The quantitative estimate of drug-likeness (QED) is 0.866. The Morgan fingerprint density at radius 1 is 1.16 bits per heavy atom. The molecule has 0 spiro atoms. The molecule has 19 heavy (non-hydrogen) atoms. The second-order valence-corrected chi connectivity index (χ2v) is 5.43. The summed E-state index contributed by atoms with van der Waals surface area (Å²) in [5.74, 6) is 0.861. The van der Waals surface area contributed by atoms with E-state index in [2.05, 4.69) is 17.4 Å². The molecule has 0 bridgehead atoms. The number of ether oxygens (including phenoxy) is 1. The van der Waals surface area contributed by atoms with Crippen LogP contribution in [0.25, 0.3) is 0 Å². The summed E-state index contributed by atoms with van der Waals surface area (Å²) in [7, 11) is 1.67. The van der Waals surface area contributed by atoms with Gasteiger partial charge in [0.25, 0.3) is 0 Å². The van der Waals surface area contributed by atoms with Gasteiger partial charge < -0.3 is 10.1 Å². The highest BCUT2D eigenvalue weighted by atomic mass is 35.5. The lowest BCUT2D eigenvalue weighted by Crippen LogP contribution is -2.05. The number of rotatable bonds is 2. The zero-order valence-corrected chi connectivity index (χ0v) is 11.9. The van der Waals surface area contributed by atoms with E-state index in [9.17, 15) is 0 Å². The SMILES string of the molecule is COc1ccc(C2Cc3c(Cl)cc(Cl)cc3N2)cc1. The second-order valence-electron chi connectivity index (χ2n) is 4.59. The molecule has 1 atom stereocenters. The van der Waals surface area contributed by atoms with Gasteiger partial charge in [-0.05, 0) is 35.4 Å². The average Bonchev–Trinajstić information content (AvgIpc) is 2.83. The summed E-state index contributed by atoms with van der Waals surface area (Å²) in [6.45, 7) is 0. The van der Waals surface area contributed by atoms with Gasteiger partial charge in [0, 0.05) is 22.2 Å². The van der Waals surface area contributed by atoms with Gasteiger partial charge in [0.1, 0.15) is 5.75 Å². The summed E-state index contributed by atoms with van der Waals surface area (Å²) in [5, 5.41) is 4.85. The molecule has 0 amide bonds. The third-order valence-corrected chi connectivity index (χ3v) is 3.97. The molecule has 0 radical (unpaired) electrons. The molecular weight excluding hydrogens is 281 g/mol. The van der Waals surface area contributed by atoms with Crippen LogP contribution in [0.4, 0.5) is 5.69 Å². The van der Waals surface area contributed by atoms with Gasteiger partial charge in [-0.1, -0.05) is 35.3 Å². The van der Waals surface area contributed by atoms with Crippen LogP contribution in [0.15, 0.2) is 36.4 Å². The minimum Gasteiger partial charge on any atom is -0.497 e. The zero-order valence-electron chi connectivity index (χ0n) is 10.4. The van der Waals surface area contributed by atoms with Gasteiger partial charge in [0.15, 0.2) is 0 Å². The molecular formula is C15H13Cl2NO. The third kappa shape index (κ3) is 2.38. The highest BCUT2D eigenvalue weighted by Gasteiger charge is 2.24. The molecule has 2 aromatic rings. The number of halogens is 2. The molecule has 0 saturated carbocycles. The summed E-state index contributed by atoms with van der Waals surface area (Å²) in [5.41, 5.74) is 3.37. The average molecular weight is 294 g/mol. The molecule has 0 saturated heterocycles. The first-order chi connectivity index (χ1) is 9.17. The van der Waals surface area contributed by atoms with E-state index in [0.29, 0.717) is 5.02 Å². The van der Waals surface area contributed by atoms with Crippen molar-refractivity contribution in [3.05, 3.63) is 57.6 Å². The fraction of sp³-hybridized carbons (Fsp3) is 0.200. The van der Waals surface area contributed by atoms with Crippen LogP contribution in [0.1, 0.15) is 17.2 Å². The van der Waals surface area contributed by atoms with Gasteiger partial charge in [-0.2, -0.15) is 0 Å². The van der Waals surface area contributed by atoms with E-state index in [1.165, 1.54) is 5.56 Å². The van der Waals surface area contributed by atoms with Crippen LogP contribution in [0.2, 0.25) is 10.0 Å². The zero-order chi connectivity index (χ0) is 13.4. The molecule has 1 aliphatic rings. The summed E-state index contributed by atoms with van der Waals surface area (Å²) in [4.78, 5) is 0. The molecule has 1 N–H and O–H groups in total. The van der Waals surface area contributed by atoms with Crippen molar-refractivity contribution in [3.63, 3.8) is 0 Å². The molecule has 4 heteroatoms. The van der Waals surface area contributed by atoms with Crippen molar-refractivity contribution >= 4 is 28.9 Å². The van der Waals surface area contributed by atoms with E-state index in [0.717, 1.165) is 28.4 Å². The molecule has 0 fully saturated rings. The highest BCUT2D eigenvalue weighted by Crippen LogP contribution is 2.40. The smallest absolute Gasteiger partial charge is 0.118 e. The van der Waals surface area contributed by atoms with Crippen molar-refractivity contribution in [2.45, 2.75) is 12.5 Å². The van der Waals surface area contributed by atoms with Crippen molar-refractivity contribution < 1.29 is 4.74 Å². The fourth-order valence-corrected chi connectivity index (χ4v) is 2.99. The molecule has 0 aliphatic carbocycles. The molecule has 0 aromatic heterocycles. The van der Waals surface area contributed by atoms with E-state index in [4.69, 9.17) is 27.9 Å². The Morgan fingerprint density at radius 3 is 2.58 bits per heavy atom. The Balaban J connectivity index is 1.88. The molecule has 2 nitrogen and oxygen atoms in total. The standard InChI is InChI=1S/C15H13Cl2NO/c1-19-11-4-2-9(3-5-11)14-8-12-13(17)6-10(16)7-15(12)18-14/h2-7,14,18H,8H2,1H3. The minimum atomic E-state index is 0.233. The molecule has 1 aliphatic heterocycles. The lowest BCUT2D eigenvalue weighted by atomic mass is 10.0.